The molecule has 6 nitrogen and oxygen atoms in total. The van der Waals surface area contributed by atoms with Gasteiger partial charge in [0, 0.05) is 19.0 Å². The molecule has 0 aliphatic carbocycles. The topological polar surface area (TPSA) is 71.9 Å². The summed E-state index contributed by atoms with van der Waals surface area (Å²) in [7, 11) is 0. The van der Waals surface area contributed by atoms with Crippen molar-refractivity contribution in [2.24, 2.45) is 0 Å². The van der Waals surface area contributed by atoms with E-state index in [-0.39, 0.29) is 6.61 Å². The first-order chi connectivity index (χ1) is 17.0. The number of ether oxygens (including phenoxy) is 1. The fourth-order valence-corrected chi connectivity index (χ4v) is 4.85. The molecule has 0 radical (unpaired) electrons. The number of benzene rings is 2. The summed E-state index contributed by atoms with van der Waals surface area (Å²) >= 11 is 0. The van der Waals surface area contributed by atoms with E-state index in [0.29, 0.717) is 35.4 Å². The average Bonchev–Trinajstić information content (AvgIpc) is 3.52. The number of furan rings is 1. The summed E-state index contributed by atoms with van der Waals surface area (Å²) in [5.74, 6) is 3.14. The molecule has 1 aliphatic rings. The number of oxazole rings is 1. The molecule has 1 atom stereocenters. The number of β-amino-alcohol motifs (C(OH)–C–C–N with tert-alkyl or cyclic N) is 1. The van der Waals surface area contributed by atoms with Crippen molar-refractivity contribution in [3.05, 3.63) is 71.1 Å². The Morgan fingerprint density at radius 3 is 2.66 bits per heavy atom. The number of hydrogen-bond acceptors (Lipinski definition) is 6. The van der Waals surface area contributed by atoms with Crippen LogP contribution in [0.1, 0.15) is 48.1 Å². The third-order valence-corrected chi connectivity index (χ3v) is 7.12. The molecule has 5 rings (SSSR count). The Morgan fingerprint density at radius 2 is 1.91 bits per heavy atom. The minimum atomic E-state index is -0.561. The quantitative estimate of drug-likeness (QED) is 0.343. The number of aryl methyl sites for hydroxylation is 3. The highest BCUT2D eigenvalue weighted by molar-refractivity contribution is 5.87. The van der Waals surface area contributed by atoms with Gasteiger partial charge in [-0.1, -0.05) is 31.2 Å². The molecule has 1 saturated heterocycles. The largest absolute Gasteiger partial charge is 0.490 e. The van der Waals surface area contributed by atoms with E-state index in [1.807, 2.05) is 31.2 Å². The standard InChI is InChI=1S/C29H34N2O4/c1-4-24-16-30-29(34-24)28-15-25-26(6-5-7-27(25)35-28)33-18-23(32)17-31-12-10-21(11-13-31)22-9-8-19(2)20(3)14-22/h5-9,14-16,21,23,32H,4,10-13,17-18H2,1-3H3/t23-/m0/s1. The summed E-state index contributed by atoms with van der Waals surface area (Å²) in [5, 5.41) is 11.5. The molecule has 1 fully saturated rings. The van der Waals surface area contributed by atoms with Crippen LogP contribution >= 0.6 is 0 Å². The smallest absolute Gasteiger partial charge is 0.263 e. The number of hydrogen-bond donors (Lipinski definition) is 1. The first-order valence-corrected chi connectivity index (χ1v) is 12.6. The van der Waals surface area contributed by atoms with Gasteiger partial charge in [0.25, 0.3) is 5.89 Å². The third kappa shape index (κ3) is 5.29. The SMILES string of the molecule is CCc1cnc(-c2cc3c(OC[C@@H](O)CN4CCC(c5ccc(C)c(C)c5)CC4)cccc3o2)o1. The van der Waals surface area contributed by atoms with Crippen molar-refractivity contribution in [3.8, 4) is 17.4 Å². The number of likely N-dealkylation sites (tertiary alicyclic amines) is 1. The molecule has 4 aromatic rings. The van der Waals surface area contributed by atoms with Gasteiger partial charge in [0.05, 0.1) is 11.6 Å². The van der Waals surface area contributed by atoms with Crippen LogP contribution in [-0.2, 0) is 6.42 Å². The maximum absolute atomic E-state index is 10.7. The summed E-state index contributed by atoms with van der Waals surface area (Å²) in [6.45, 7) is 9.20. The molecule has 184 valence electrons. The molecule has 2 aromatic heterocycles. The Labute approximate surface area is 206 Å². The zero-order valence-corrected chi connectivity index (χ0v) is 20.8. The molecular formula is C29H34N2O4. The molecule has 0 unspecified atom stereocenters. The maximum atomic E-state index is 10.7. The van der Waals surface area contributed by atoms with Crippen LogP contribution in [0.4, 0.5) is 0 Å². The lowest BCUT2D eigenvalue weighted by Gasteiger charge is -2.33. The number of aromatic nitrogens is 1. The Bertz CT molecular complexity index is 1280. The molecule has 35 heavy (non-hydrogen) atoms. The van der Waals surface area contributed by atoms with Crippen molar-refractivity contribution >= 4 is 11.0 Å². The second-order valence-corrected chi connectivity index (χ2v) is 9.65. The normalized spacial score (nSPS) is 16.1. The van der Waals surface area contributed by atoms with Gasteiger partial charge in [-0.2, -0.15) is 0 Å². The van der Waals surface area contributed by atoms with Crippen molar-refractivity contribution in [2.75, 3.05) is 26.2 Å². The van der Waals surface area contributed by atoms with Crippen LogP contribution in [0, 0.1) is 13.8 Å². The van der Waals surface area contributed by atoms with E-state index in [2.05, 4.69) is 41.9 Å². The predicted molar refractivity (Wildman–Crippen MR) is 137 cm³/mol. The fourth-order valence-electron chi connectivity index (χ4n) is 4.85. The number of nitrogens with zero attached hydrogens (tertiary/aromatic N) is 2. The lowest BCUT2D eigenvalue weighted by molar-refractivity contribution is 0.0599. The van der Waals surface area contributed by atoms with Crippen LogP contribution in [0.2, 0.25) is 0 Å². The summed E-state index contributed by atoms with van der Waals surface area (Å²) in [5.41, 5.74) is 4.86. The van der Waals surface area contributed by atoms with Gasteiger partial charge in [-0.15, -0.1) is 0 Å². The van der Waals surface area contributed by atoms with Gasteiger partial charge in [-0.25, -0.2) is 4.98 Å². The molecule has 1 N–H and O–H groups in total. The zero-order valence-electron chi connectivity index (χ0n) is 20.8. The minimum absolute atomic E-state index is 0.232. The average molecular weight is 475 g/mol. The lowest BCUT2D eigenvalue weighted by atomic mass is 9.88. The molecule has 2 aromatic carbocycles. The van der Waals surface area contributed by atoms with Crippen molar-refractivity contribution in [2.45, 2.75) is 52.1 Å². The number of aliphatic hydroxyl groups is 1. The Kier molecular flexibility index (Phi) is 6.93. The van der Waals surface area contributed by atoms with Gasteiger partial charge in [0.2, 0.25) is 0 Å². The van der Waals surface area contributed by atoms with Crippen LogP contribution in [0.3, 0.4) is 0 Å². The van der Waals surface area contributed by atoms with E-state index < -0.39 is 6.10 Å². The van der Waals surface area contributed by atoms with Crippen LogP contribution in [0.15, 0.2) is 57.5 Å². The monoisotopic (exact) mass is 474 g/mol. The molecule has 3 heterocycles. The van der Waals surface area contributed by atoms with E-state index >= 15 is 0 Å². The van der Waals surface area contributed by atoms with E-state index in [9.17, 15) is 5.11 Å². The first-order valence-electron chi connectivity index (χ1n) is 12.6. The van der Waals surface area contributed by atoms with Gasteiger partial charge in [-0.3, -0.25) is 0 Å². The number of aliphatic hydroxyl groups excluding tert-OH is 1. The summed E-state index contributed by atoms with van der Waals surface area (Å²) in [4.78, 5) is 6.65. The van der Waals surface area contributed by atoms with E-state index in [4.69, 9.17) is 13.6 Å². The summed E-state index contributed by atoms with van der Waals surface area (Å²) in [6.07, 6.45) is 4.18. The number of rotatable bonds is 8. The molecule has 1 aliphatic heterocycles. The second kappa shape index (κ2) is 10.3. The van der Waals surface area contributed by atoms with Gasteiger partial charge < -0.3 is 23.6 Å². The molecular weight excluding hydrogens is 440 g/mol. The zero-order chi connectivity index (χ0) is 24.4. The Balaban J connectivity index is 1.16. The molecule has 0 bridgehead atoms. The van der Waals surface area contributed by atoms with Crippen LogP contribution in [0.5, 0.6) is 5.75 Å². The van der Waals surface area contributed by atoms with E-state index in [0.717, 1.165) is 43.5 Å². The predicted octanol–water partition coefficient (Wildman–Crippen LogP) is 5.89. The van der Waals surface area contributed by atoms with Crippen molar-refractivity contribution in [3.63, 3.8) is 0 Å². The molecule has 0 amide bonds. The van der Waals surface area contributed by atoms with E-state index in [1.165, 1.54) is 16.7 Å². The highest BCUT2D eigenvalue weighted by Gasteiger charge is 2.23. The van der Waals surface area contributed by atoms with Crippen molar-refractivity contribution in [1.29, 1.82) is 0 Å². The van der Waals surface area contributed by atoms with Crippen molar-refractivity contribution in [1.82, 2.24) is 9.88 Å². The Morgan fingerprint density at radius 1 is 1.09 bits per heavy atom. The van der Waals surface area contributed by atoms with Crippen LogP contribution in [0.25, 0.3) is 22.6 Å². The number of piperidine rings is 1. The van der Waals surface area contributed by atoms with Gasteiger partial charge in [-0.05, 0) is 74.5 Å². The maximum Gasteiger partial charge on any atom is 0.263 e. The summed E-state index contributed by atoms with van der Waals surface area (Å²) in [6, 6.07) is 14.4. The Hall–Kier alpha value is -3.09. The van der Waals surface area contributed by atoms with Gasteiger partial charge in [0.15, 0.2) is 5.76 Å². The fraction of sp³-hybridized carbons (Fsp3) is 0.414. The second-order valence-electron chi connectivity index (χ2n) is 9.65. The van der Waals surface area contributed by atoms with Crippen LogP contribution in [-0.4, -0.2) is 47.3 Å². The molecule has 6 heteroatoms. The van der Waals surface area contributed by atoms with Gasteiger partial charge >= 0.3 is 0 Å². The van der Waals surface area contributed by atoms with Crippen LogP contribution < -0.4 is 4.74 Å². The molecule has 0 saturated carbocycles. The summed E-state index contributed by atoms with van der Waals surface area (Å²) < 4.78 is 17.7. The third-order valence-electron chi connectivity index (χ3n) is 7.12. The van der Waals surface area contributed by atoms with Crippen molar-refractivity contribution < 1.29 is 18.7 Å². The number of fused-ring (bicyclic) bond motifs is 1. The minimum Gasteiger partial charge on any atom is -0.490 e. The highest BCUT2D eigenvalue weighted by atomic mass is 16.5. The van der Waals surface area contributed by atoms with Gasteiger partial charge in [0.1, 0.15) is 29.8 Å². The van der Waals surface area contributed by atoms with E-state index in [1.54, 1.807) is 6.20 Å². The highest BCUT2D eigenvalue weighted by Crippen LogP contribution is 2.34. The first kappa shape index (κ1) is 23.6. The lowest BCUT2D eigenvalue weighted by Crippen LogP contribution is -2.40. The molecule has 0 spiro atoms.